The average molecular weight is 424 g/mol. The van der Waals surface area contributed by atoms with Gasteiger partial charge in [0.1, 0.15) is 5.69 Å². The van der Waals surface area contributed by atoms with Crippen LogP contribution in [0.4, 0.5) is 13.2 Å². The zero-order chi connectivity index (χ0) is 22.0. The Morgan fingerprint density at radius 2 is 2.00 bits per heavy atom. The Kier molecular flexibility index (Phi) is 5.51. The lowest BCUT2D eigenvalue weighted by Gasteiger charge is -2.18. The van der Waals surface area contributed by atoms with Gasteiger partial charge in [-0.25, -0.2) is 0 Å². The number of benzene rings is 1. The fraction of sp³-hybridized carbons (Fsp3) is 0.261. The molecular formula is C23H19F3N4O. The molecule has 0 fully saturated rings. The second kappa shape index (κ2) is 8.26. The number of fused-ring (bicyclic) bond motifs is 1. The minimum Gasteiger partial charge on any atom is -0.349 e. The summed E-state index contributed by atoms with van der Waals surface area (Å²) >= 11 is 0. The number of carbonyl (C=O) groups excluding carboxylic acids is 1. The number of rotatable bonds is 3. The summed E-state index contributed by atoms with van der Waals surface area (Å²) in [5.41, 5.74) is 1.78. The van der Waals surface area contributed by atoms with Gasteiger partial charge in [0, 0.05) is 30.2 Å². The Labute approximate surface area is 177 Å². The third kappa shape index (κ3) is 4.45. The minimum atomic E-state index is -4.51. The number of nitrogens with zero attached hydrogens (tertiary/aromatic N) is 3. The molecule has 31 heavy (non-hydrogen) atoms. The number of carbonyl (C=O) groups is 1. The maximum Gasteiger partial charge on any atom is 0.433 e. The van der Waals surface area contributed by atoms with Crippen LogP contribution in [0.15, 0.2) is 54.9 Å². The van der Waals surface area contributed by atoms with Gasteiger partial charge < -0.3 is 9.88 Å². The van der Waals surface area contributed by atoms with Gasteiger partial charge in [0.05, 0.1) is 17.7 Å². The molecule has 3 heterocycles. The Balaban J connectivity index is 1.63. The molecule has 0 radical (unpaired) electrons. The van der Waals surface area contributed by atoms with E-state index in [1.54, 1.807) is 24.3 Å². The zero-order valence-corrected chi connectivity index (χ0v) is 16.5. The molecule has 0 saturated carbocycles. The number of aryl methyl sites for hydroxylation is 1. The molecule has 4 rings (SSSR count). The molecular weight excluding hydrogens is 405 g/mol. The Morgan fingerprint density at radius 3 is 2.77 bits per heavy atom. The fourth-order valence-corrected chi connectivity index (χ4v) is 3.84. The highest BCUT2D eigenvalue weighted by Gasteiger charge is 2.32. The van der Waals surface area contributed by atoms with Crippen LogP contribution in [0.3, 0.4) is 0 Å². The molecule has 2 aromatic heterocycles. The summed E-state index contributed by atoms with van der Waals surface area (Å²) in [4.78, 5) is 16.2. The molecule has 1 amide bonds. The highest BCUT2D eigenvalue weighted by atomic mass is 19.4. The molecule has 1 unspecified atom stereocenters. The van der Waals surface area contributed by atoms with Gasteiger partial charge >= 0.3 is 6.18 Å². The van der Waals surface area contributed by atoms with E-state index < -0.39 is 11.9 Å². The number of nitrogens with one attached hydrogen (secondary N) is 1. The summed E-state index contributed by atoms with van der Waals surface area (Å²) in [6.07, 6.45) is 1.00. The largest absolute Gasteiger partial charge is 0.433 e. The summed E-state index contributed by atoms with van der Waals surface area (Å²) in [5.74, 6) is -0.290. The topological polar surface area (TPSA) is 70.7 Å². The van der Waals surface area contributed by atoms with Gasteiger partial charge in [-0.05, 0) is 66.8 Å². The highest BCUT2D eigenvalue weighted by molar-refractivity contribution is 5.94. The van der Waals surface area contributed by atoms with Crippen LogP contribution in [-0.2, 0) is 12.7 Å². The summed E-state index contributed by atoms with van der Waals surface area (Å²) in [5, 5.41) is 12.1. The molecule has 0 spiro atoms. The number of amides is 1. The van der Waals surface area contributed by atoms with Crippen molar-refractivity contribution in [3.05, 3.63) is 77.4 Å². The van der Waals surface area contributed by atoms with Crippen LogP contribution in [-0.4, -0.2) is 15.5 Å². The highest BCUT2D eigenvalue weighted by Crippen LogP contribution is 2.34. The molecule has 1 aromatic carbocycles. The van der Waals surface area contributed by atoms with E-state index in [0.717, 1.165) is 43.8 Å². The summed E-state index contributed by atoms with van der Waals surface area (Å²) in [6.45, 7) is 0.725. The van der Waals surface area contributed by atoms with E-state index in [9.17, 15) is 18.0 Å². The van der Waals surface area contributed by atoms with E-state index in [0.29, 0.717) is 22.3 Å². The van der Waals surface area contributed by atoms with E-state index in [1.807, 2.05) is 22.9 Å². The number of aromatic nitrogens is 2. The van der Waals surface area contributed by atoms with Crippen LogP contribution in [0.5, 0.6) is 0 Å². The molecule has 1 aliphatic heterocycles. The van der Waals surface area contributed by atoms with Crippen molar-refractivity contribution in [1.82, 2.24) is 14.9 Å². The number of hydrogen-bond donors (Lipinski definition) is 1. The molecule has 0 bridgehead atoms. The molecule has 1 atom stereocenters. The van der Waals surface area contributed by atoms with Crippen molar-refractivity contribution in [2.24, 2.45) is 0 Å². The van der Waals surface area contributed by atoms with E-state index >= 15 is 0 Å². The molecule has 158 valence electrons. The monoisotopic (exact) mass is 424 g/mol. The van der Waals surface area contributed by atoms with Crippen molar-refractivity contribution >= 4 is 5.91 Å². The van der Waals surface area contributed by atoms with Gasteiger partial charge in [-0.2, -0.15) is 18.4 Å². The second-order valence-electron chi connectivity index (χ2n) is 7.49. The molecule has 1 aliphatic rings. The fourth-order valence-electron chi connectivity index (χ4n) is 3.84. The van der Waals surface area contributed by atoms with Crippen molar-refractivity contribution in [2.75, 3.05) is 0 Å². The van der Waals surface area contributed by atoms with Gasteiger partial charge in [-0.1, -0.05) is 6.07 Å². The smallest absolute Gasteiger partial charge is 0.349 e. The predicted molar refractivity (Wildman–Crippen MR) is 108 cm³/mol. The van der Waals surface area contributed by atoms with Gasteiger partial charge in [-0.3, -0.25) is 9.78 Å². The zero-order valence-electron chi connectivity index (χ0n) is 16.5. The first-order valence-corrected chi connectivity index (χ1v) is 9.90. The Hall–Kier alpha value is -3.60. The van der Waals surface area contributed by atoms with Crippen LogP contribution in [0, 0.1) is 11.3 Å². The maximum absolute atomic E-state index is 13.0. The van der Waals surface area contributed by atoms with Crippen LogP contribution >= 0.6 is 0 Å². The minimum absolute atomic E-state index is 0.279. The first-order valence-electron chi connectivity index (χ1n) is 9.90. The number of halogens is 3. The number of hydrogen-bond acceptors (Lipinski definition) is 3. The first kappa shape index (κ1) is 20.7. The number of alkyl halides is 3. The van der Waals surface area contributed by atoms with Crippen molar-refractivity contribution in [2.45, 2.75) is 38.0 Å². The SMILES string of the molecule is N#Cc1cccc(C(=O)NC2CCCCn3cc(-c4ccnc(C(F)(F)F)c4)cc32)c1. The lowest BCUT2D eigenvalue weighted by Crippen LogP contribution is -2.29. The van der Waals surface area contributed by atoms with Gasteiger partial charge in [0.25, 0.3) is 5.91 Å². The van der Waals surface area contributed by atoms with Gasteiger partial charge in [-0.15, -0.1) is 0 Å². The third-order valence-electron chi connectivity index (χ3n) is 5.37. The molecule has 8 heteroatoms. The predicted octanol–water partition coefficient (Wildman–Crippen LogP) is 5.10. The van der Waals surface area contributed by atoms with Crippen molar-refractivity contribution in [3.8, 4) is 17.2 Å². The van der Waals surface area contributed by atoms with Crippen LogP contribution in [0.25, 0.3) is 11.1 Å². The Bertz CT molecular complexity index is 1160. The quantitative estimate of drug-likeness (QED) is 0.636. The molecule has 5 nitrogen and oxygen atoms in total. The lowest BCUT2D eigenvalue weighted by atomic mass is 10.0. The molecule has 0 aliphatic carbocycles. The number of nitriles is 1. The van der Waals surface area contributed by atoms with E-state index in [1.165, 1.54) is 6.07 Å². The normalized spacial score (nSPS) is 16.1. The second-order valence-corrected chi connectivity index (χ2v) is 7.49. The van der Waals surface area contributed by atoms with Crippen LogP contribution < -0.4 is 5.32 Å². The van der Waals surface area contributed by atoms with Gasteiger partial charge in [0.2, 0.25) is 0 Å². The molecule has 1 N–H and O–H groups in total. The van der Waals surface area contributed by atoms with E-state index in [4.69, 9.17) is 5.26 Å². The maximum atomic E-state index is 13.0. The van der Waals surface area contributed by atoms with E-state index in [2.05, 4.69) is 10.3 Å². The van der Waals surface area contributed by atoms with Crippen LogP contribution in [0.2, 0.25) is 0 Å². The van der Waals surface area contributed by atoms with Crippen molar-refractivity contribution in [3.63, 3.8) is 0 Å². The molecule has 3 aromatic rings. The number of pyridine rings is 1. The Morgan fingerprint density at radius 1 is 1.16 bits per heavy atom. The lowest BCUT2D eigenvalue weighted by molar-refractivity contribution is -0.141. The first-order chi connectivity index (χ1) is 14.8. The van der Waals surface area contributed by atoms with Crippen LogP contribution in [0.1, 0.15) is 52.6 Å². The molecule has 0 saturated heterocycles. The van der Waals surface area contributed by atoms with Crippen molar-refractivity contribution < 1.29 is 18.0 Å². The standard InChI is InChI=1S/C23H19F3N4O/c24-23(25,26)21-12-16(7-8-28-21)18-11-20-19(6-1-2-9-30(20)14-18)29-22(31)17-5-3-4-15(10-17)13-27/h3-5,7-8,10-12,14,19H,1-2,6,9H2,(H,29,31). The summed E-state index contributed by atoms with van der Waals surface area (Å²) in [6, 6.07) is 12.6. The van der Waals surface area contributed by atoms with E-state index in [-0.39, 0.29) is 11.9 Å². The van der Waals surface area contributed by atoms with Crippen molar-refractivity contribution in [1.29, 1.82) is 5.26 Å². The summed E-state index contributed by atoms with van der Waals surface area (Å²) in [7, 11) is 0. The van der Waals surface area contributed by atoms with Gasteiger partial charge in [0.15, 0.2) is 0 Å². The third-order valence-corrected chi connectivity index (χ3v) is 5.37. The average Bonchev–Trinajstić information content (AvgIpc) is 3.11. The summed E-state index contributed by atoms with van der Waals surface area (Å²) < 4.78 is 41.1.